The first-order valence-corrected chi connectivity index (χ1v) is 6.86. The zero-order chi connectivity index (χ0) is 14.4. The highest BCUT2D eigenvalue weighted by atomic mass is 19.1. The van der Waals surface area contributed by atoms with E-state index in [2.05, 4.69) is 17.4 Å². The van der Waals surface area contributed by atoms with Gasteiger partial charge >= 0.3 is 0 Å². The van der Waals surface area contributed by atoms with Crippen LogP contribution in [-0.4, -0.2) is 13.7 Å². The Hall–Kier alpha value is -1.87. The number of halogens is 1. The fourth-order valence-corrected chi connectivity index (χ4v) is 2.41. The van der Waals surface area contributed by atoms with E-state index in [9.17, 15) is 4.39 Å². The normalized spacial score (nSPS) is 12.2. The molecule has 0 saturated carbocycles. The first kappa shape index (κ1) is 14.5. The summed E-state index contributed by atoms with van der Waals surface area (Å²) in [6, 6.07) is 14.9. The highest BCUT2D eigenvalue weighted by Gasteiger charge is 2.19. The summed E-state index contributed by atoms with van der Waals surface area (Å²) in [4.78, 5) is 0. The summed E-state index contributed by atoms with van der Waals surface area (Å²) < 4.78 is 19.5. The van der Waals surface area contributed by atoms with Crippen molar-refractivity contribution in [3.63, 3.8) is 0 Å². The minimum atomic E-state index is -0.230. The smallest absolute Gasteiger partial charge is 0.131 e. The second-order valence-electron chi connectivity index (χ2n) is 4.66. The molecule has 0 heterocycles. The summed E-state index contributed by atoms with van der Waals surface area (Å²) in [5.41, 5.74) is 1.77. The van der Waals surface area contributed by atoms with Gasteiger partial charge in [0, 0.05) is 11.6 Å². The van der Waals surface area contributed by atoms with Crippen molar-refractivity contribution in [2.45, 2.75) is 19.4 Å². The summed E-state index contributed by atoms with van der Waals surface area (Å²) in [6.07, 6.45) is 0.728. The van der Waals surface area contributed by atoms with Crippen molar-refractivity contribution >= 4 is 0 Å². The predicted octanol–water partition coefficient (Wildman–Crippen LogP) is 3.73. The zero-order valence-electron chi connectivity index (χ0n) is 11.9. The van der Waals surface area contributed by atoms with Gasteiger partial charge in [-0.3, -0.25) is 0 Å². The van der Waals surface area contributed by atoms with E-state index >= 15 is 0 Å². The monoisotopic (exact) mass is 273 g/mol. The van der Waals surface area contributed by atoms with Crippen LogP contribution in [-0.2, 0) is 6.42 Å². The van der Waals surface area contributed by atoms with Crippen molar-refractivity contribution in [3.8, 4) is 5.75 Å². The van der Waals surface area contributed by atoms with Crippen molar-refractivity contribution in [2.75, 3.05) is 13.7 Å². The van der Waals surface area contributed by atoms with Crippen LogP contribution >= 0.6 is 0 Å². The van der Waals surface area contributed by atoms with Gasteiger partial charge in [-0.25, -0.2) is 4.39 Å². The Morgan fingerprint density at radius 1 is 1.10 bits per heavy atom. The third kappa shape index (κ3) is 3.36. The lowest BCUT2D eigenvalue weighted by molar-refractivity contribution is 0.390. The average Bonchev–Trinajstić information content (AvgIpc) is 2.47. The fraction of sp³-hybridized carbons (Fsp3) is 0.294. The maximum atomic E-state index is 14.2. The van der Waals surface area contributed by atoms with Gasteiger partial charge in [-0.2, -0.15) is 0 Å². The lowest BCUT2D eigenvalue weighted by Crippen LogP contribution is -2.24. The van der Waals surface area contributed by atoms with E-state index < -0.39 is 0 Å². The molecule has 2 nitrogen and oxygen atoms in total. The van der Waals surface area contributed by atoms with Gasteiger partial charge in [0.25, 0.3) is 0 Å². The van der Waals surface area contributed by atoms with E-state index in [-0.39, 0.29) is 11.9 Å². The molecule has 0 spiro atoms. The molecule has 0 radical (unpaired) electrons. The molecule has 1 unspecified atom stereocenters. The van der Waals surface area contributed by atoms with E-state index in [0.717, 1.165) is 13.0 Å². The Balaban J connectivity index is 2.33. The number of likely N-dealkylation sites (N-methyl/N-ethyl adjacent to an activating group) is 1. The summed E-state index contributed by atoms with van der Waals surface area (Å²) >= 11 is 0. The minimum absolute atomic E-state index is 0.0986. The molecular weight excluding hydrogens is 253 g/mol. The summed E-state index contributed by atoms with van der Waals surface area (Å²) in [5.74, 6) is 0.359. The van der Waals surface area contributed by atoms with Crippen LogP contribution in [0.2, 0.25) is 0 Å². The number of rotatable bonds is 6. The Morgan fingerprint density at radius 3 is 2.50 bits per heavy atom. The number of methoxy groups -OCH3 is 1. The Kier molecular flexibility index (Phi) is 5.13. The number of nitrogens with one attached hydrogen (secondary N) is 1. The first-order chi connectivity index (χ1) is 9.76. The lowest BCUT2D eigenvalue weighted by Gasteiger charge is -2.21. The summed E-state index contributed by atoms with van der Waals surface area (Å²) in [7, 11) is 1.57. The number of benzene rings is 2. The van der Waals surface area contributed by atoms with Crippen LogP contribution in [0.5, 0.6) is 5.75 Å². The van der Waals surface area contributed by atoms with Crippen molar-refractivity contribution in [2.24, 2.45) is 0 Å². The molecule has 0 aliphatic rings. The molecule has 3 heteroatoms. The third-order valence-corrected chi connectivity index (χ3v) is 3.31. The van der Waals surface area contributed by atoms with E-state index in [1.807, 2.05) is 25.1 Å². The topological polar surface area (TPSA) is 21.3 Å². The SMILES string of the molecule is CCNC(Cc1ccccc1)c1c(F)cccc1OC. The minimum Gasteiger partial charge on any atom is -0.496 e. The standard InChI is InChI=1S/C17H20FNO/c1-3-19-15(12-13-8-5-4-6-9-13)17-14(18)10-7-11-16(17)20-2/h4-11,15,19H,3,12H2,1-2H3. The van der Waals surface area contributed by atoms with Crippen LogP contribution in [0.15, 0.2) is 48.5 Å². The Labute approximate surface area is 119 Å². The number of ether oxygens (including phenoxy) is 1. The second-order valence-corrected chi connectivity index (χ2v) is 4.66. The average molecular weight is 273 g/mol. The molecule has 20 heavy (non-hydrogen) atoms. The van der Waals surface area contributed by atoms with E-state index in [4.69, 9.17) is 4.74 Å². The molecule has 2 aromatic rings. The molecule has 0 aliphatic heterocycles. The van der Waals surface area contributed by atoms with E-state index in [1.54, 1.807) is 19.2 Å². The zero-order valence-corrected chi connectivity index (χ0v) is 11.9. The van der Waals surface area contributed by atoms with Gasteiger partial charge in [-0.1, -0.05) is 43.3 Å². The van der Waals surface area contributed by atoms with E-state index in [1.165, 1.54) is 11.6 Å². The molecule has 0 amide bonds. The molecule has 0 aliphatic carbocycles. The summed E-state index contributed by atoms with van der Waals surface area (Å²) in [6.45, 7) is 2.79. The van der Waals surface area contributed by atoms with Crippen LogP contribution in [0.3, 0.4) is 0 Å². The quantitative estimate of drug-likeness (QED) is 0.866. The van der Waals surface area contributed by atoms with Crippen LogP contribution in [0.25, 0.3) is 0 Å². The van der Waals surface area contributed by atoms with Crippen LogP contribution < -0.4 is 10.1 Å². The molecule has 0 aromatic heterocycles. The predicted molar refractivity (Wildman–Crippen MR) is 79.5 cm³/mol. The first-order valence-electron chi connectivity index (χ1n) is 6.86. The van der Waals surface area contributed by atoms with Gasteiger partial charge in [-0.15, -0.1) is 0 Å². The molecule has 0 bridgehead atoms. The molecule has 2 rings (SSSR count). The second kappa shape index (κ2) is 7.06. The molecule has 1 N–H and O–H groups in total. The van der Waals surface area contributed by atoms with Gasteiger partial charge in [0.05, 0.1) is 7.11 Å². The van der Waals surface area contributed by atoms with Gasteiger partial charge in [-0.05, 0) is 30.7 Å². The van der Waals surface area contributed by atoms with Crippen LogP contribution in [0.4, 0.5) is 4.39 Å². The largest absolute Gasteiger partial charge is 0.496 e. The molecule has 0 saturated heterocycles. The van der Waals surface area contributed by atoms with Crippen molar-refractivity contribution in [1.29, 1.82) is 0 Å². The highest BCUT2D eigenvalue weighted by molar-refractivity contribution is 5.38. The number of hydrogen-bond donors (Lipinski definition) is 1. The van der Waals surface area contributed by atoms with Crippen molar-refractivity contribution < 1.29 is 9.13 Å². The lowest BCUT2D eigenvalue weighted by atomic mass is 9.97. The molecular formula is C17H20FNO. The summed E-state index contributed by atoms with van der Waals surface area (Å²) in [5, 5.41) is 3.34. The highest BCUT2D eigenvalue weighted by Crippen LogP contribution is 2.30. The number of hydrogen-bond acceptors (Lipinski definition) is 2. The third-order valence-electron chi connectivity index (χ3n) is 3.31. The van der Waals surface area contributed by atoms with Gasteiger partial charge in [0.15, 0.2) is 0 Å². The maximum absolute atomic E-state index is 14.2. The van der Waals surface area contributed by atoms with Crippen molar-refractivity contribution in [1.82, 2.24) is 5.32 Å². The van der Waals surface area contributed by atoms with Gasteiger partial charge in [0.2, 0.25) is 0 Å². The molecule has 106 valence electrons. The Morgan fingerprint density at radius 2 is 1.85 bits per heavy atom. The molecule has 2 aromatic carbocycles. The van der Waals surface area contributed by atoms with Crippen molar-refractivity contribution in [3.05, 3.63) is 65.5 Å². The Bertz CT molecular complexity index is 542. The fourth-order valence-electron chi connectivity index (χ4n) is 2.41. The van der Waals surface area contributed by atoms with Gasteiger partial charge < -0.3 is 10.1 Å². The van der Waals surface area contributed by atoms with Crippen LogP contribution in [0.1, 0.15) is 24.1 Å². The van der Waals surface area contributed by atoms with E-state index in [0.29, 0.717) is 11.3 Å². The molecule has 1 atom stereocenters. The van der Waals surface area contributed by atoms with Crippen LogP contribution in [0, 0.1) is 5.82 Å². The molecule has 0 fully saturated rings. The van der Waals surface area contributed by atoms with Gasteiger partial charge in [0.1, 0.15) is 11.6 Å². The maximum Gasteiger partial charge on any atom is 0.131 e.